The molecule has 82 heavy (non-hydrogen) atoms. The van der Waals surface area contributed by atoms with Crippen LogP contribution < -0.4 is 0 Å². The van der Waals surface area contributed by atoms with Crippen molar-refractivity contribution in [2.75, 3.05) is 0 Å². The fourth-order valence-electron chi connectivity index (χ4n) is 10.9. The Hall–Kier alpha value is -11.4. The van der Waals surface area contributed by atoms with Crippen LogP contribution in [0.25, 0.3) is 139 Å². The number of aromatic nitrogens is 8. The minimum absolute atomic E-state index is 0.0265. The number of nitrogens with zero attached hydrogens (tertiary/aromatic N) is 10. The molecule has 386 valence electrons. The average Bonchev–Trinajstić information content (AvgIpc) is 2.43. The van der Waals surface area contributed by atoms with E-state index in [0.29, 0.717) is 63.0 Å². The SMILES string of the molecule is [C-]#[N+]c1cc(-n2c3ccccc3c3ccc(-c4nc(-c5ccccc5)nc(-c5ccccc5)n4)cc32)c(-n2c3ccccc3c3ccc(-c4nc(-c5ccccc5)nc(-c5ccccc5)n4)cc32)cc1-c1ccc(C#N)cc1C(F)(F)F. The molecule has 0 unspecified atom stereocenters. The van der Waals surface area contributed by atoms with Crippen molar-refractivity contribution in [3.63, 3.8) is 0 Å². The van der Waals surface area contributed by atoms with Crippen molar-refractivity contribution >= 4 is 49.3 Å². The molecule has 14 rings (SSSR count). The molecule has 4 aromatic heterocycles. The molecular weight excluding hydrogens is 1030 g/mol. The van der Waals surface area contributed by atoms with Crippen molar-refractivity contribution in [3.05, 3.63) is 259 Å². The zero-order valence-corrected chi connectivity index (χ0v) is 43.1. The van der Waals surface area contributed by atoms with E-state index in [9.17, 15) is 5.26 Å². The van der Waals surface area contributed by atoms with Gasteiger partial charge in [-0.05, 0) is 59.7 Å². The molecule has 10 aromatic carbocycles. The molecule has 0 fully saturated rings. The molecule has 0 amide bonds. The molecule has 0 N–H and O–H groups in total. The highest BCUT2D eigenvalue weighted by Gasteiger charge is 2.35. The Kier molecular flexibility index (Phi) is 11.8. The number of para-hydroxylation sites is 2. The summed E-state index contributed by atoms with van der Waals surface area (Å²) in [6, 6.07) is 75.3. The second kappa shape index (κ2) is 19.8. The number of hydrogen-bond acceptors (Lipinski definition) is 7. The van der Waals surface area contributed by atoms with Gasteiger partial charge in [-0.25, -0.2) is 34.7 Å². The number of halogens is 3. The third kappa shape index (κ3) is 8.54. The Bertz CT molecular complexity index is 4810. The second-order valence-corrected chi connectivity index (χ2v) is 19.6. The normalized spacial score (nSPS) is 11.6. The Balaban J connectivity index is 1.07. The van der Waals surface area contributed by atoms with E-state index < -0.39 is 11.7 Å². The molecular formula is C69H39F3N10. The lowest BCUT2D eigenvalue weighted by Gasteiger charge is -2.21. The van der Waals surface area contributed by atoms with Gasteiger partial charge in [0.2, 0.25) is 0 Å². The van der Waals surface area contributed by atoms with Crippen molar-refractivity contribution in [1.82, 2.24) is 39.0 Å². The van der Waals surface area contributed by atoms with Gasteiger partial charge in [-0.15, -0.1) is 0 Å². The Morgan fingerprint density at radius 1 is 0.366 bits per heavy atom. The zero-order valence-electron chi connectivity index (χ0n) is 43.1. The molecule has 0 atom stereocenters. The molecule has 14 aromatic rings. The van der Waals surface area contributed by atoms with E-state index in [0.717, 1.165) is 66.4 Å². The third-order valence-electron chi connectivity index (χ3n) is 14.7. The summed E-state index contributed by atoms with van der Waals surface area (Å²) in [5.74, 6) is 2.75. The largest absolute Gasteiger partial charge is 0.417 e. The molecule has 0 saturated heterocycles. The molecule has 0 saturated carbocycles. The molecule has 0 aliphatic heterocycles. The van der Waals surface area contributed by atoms with E-state index >= 15 is 13.2 Å². The lowest BCUT2D eigenvalue weighted by atomic mass is 9.95. The summed E-state index contributed by atoms with van der Waals surface area (Å²) in [4.78, 5) is 34.2. The molecule has 0 radical (unpaired) electrons. The molecule has 4 heterocycles. The van der Waals surface area contributed by atoms with Gasteiger partial charge in [0.05, 0.1) is 57.2 Å². The van der Waals surface area contributed by atoms with Gasteiger partial charge >= 0.3 is 6.18 Å². The standard InChI is InChI=1S/C69H39F3N10/c1-74-56-40-62(82-58-29-17-15-27-51(58)53-35-32-48(38-60(53)82)68-79-65(45-22-10-4-11-23-45)76-66(80-68)46-24-12-5-13-25-46)61(39-54(56)49-33-30-42(41-73)36-55(49)69(70,71)72)81-57-28-16-14-26-50(57)52-34-31-47(37-59(52)81)67-77-63(43-18-6-2-7-19-43)75-64(78-67)44-20-8-3-9-21-44/h2-40H. The number of benzene rings is 10. The summed E-state index contributed by atoms with van der Waals surface area (Å²) in [5, 5.41) is 13.3. The van der Waals surface area contributed by atoms with Crippen LogP contribution in [0.15, 0.2) is 237 Å². The predicted molar refractivity (Wildman–Crippen MR) is 316 cm³/mol. The monoisotopic (exact) mass is 1060 g/mol. The number of alkyl halides is 3. The quantitative estimate of drug-likeness (QED) is 0.132. The van der Waals surface area contributed by atoms with E-state index in [-0.39, 0.29) is 22.4 Å². The number of fused-ring (bicyclic) bond motifs is 6. The first-order valence-electron chi connectivity index (χ1n) is 26.2. The van der Waals surface area contributed by atoms with Crippen molar-refractivity contribution in [2.24, 2.45) is 0 Å². The van der Waals surface area contributed by atoms with E-state index in [2.05, 4.69) is 9.41 Å². The highest BCUT2D eigenvalue weighted by Crippen LogP contribution is 2.47. The highest BCUT2D eigenvalue weighted by atomic mass is 19.4. The van der Waals surface area contributed by atoms with Crippen LogP contribution in [-0.2, 0) is 6.18 Å². The summed E-state index contributed by atoms with van der Waals surface area (Å²) in [5.41, 5.74) is 6.96. The first kappa shape index (κ1) is 48.9. The maximum atomic E-state index is 15.4. The average molecular weight is 1070 g/mol. The predicted octanol–water partition coefficient (Wildman–Crippen LogP) is 17.4. The molecule has 0 aliphatic carbocycles. The van der Waals surface area contributed by atoms with Gasteiger partial charge in [0.25, 0.3) is 0 Å². The first-order valence-corrected chi connectivity index (χ1v) is 26.2. The van der Waals surface area contributed by atoms with Crippen molar-refractivity contribution < 1.29 is 13.2 Å². The maximum Gasteiger partial charge on any atom is 0.417 e. The third-order valence-corrected chi connectivity index (χ3v) is 14.7. The van der Waals surface area contributed by atoms with Gasteiger partial charge in [0.15, 0.2) is 40.6 Å². The first-order chi connectivity index (χ1) is 40.2. The van der Waals surface area contributed by atoms with Crippen LogP contribution in [0.1, 0.15) is 11.1 Å². The van der Waals surface area contributed by atoms with E-state index in [1.165, 1.54) is 12.1 Å². The summed E-state index contributed by atoms with van der Waals surface area (Å²) in [6.07, 6.45) is -4.89. The number of rotatable bonds is 9. The van der Waals surface area contributed by atoms with Crippen molar-refractivity contribution in [2.45, 2.75) is 6.18 Å². The fourth-order valence-corrected chi connectivity index (χ4v) is 10.9. The summed E-state index contributed by atoms with van der Waals surface area (Å²) in [6.45, 7) is 8.74. The topological polar surface area (TPSA) is 115 Å². The van der Waals surface area contributed by atoms with E-state index in [1.807, 2.05) is 217 Å². The Labute approximate surface area is 466 Å². The lowest BCUT2D eigenvalue weighted by molar-refractivity contribution is -0.137. The highest BCUT2D eigenvalue weighted by molar-refractivity contribution is 6.13. The minimum atomic E-state index is -4.89. The van der Waals surface area contributed by atoms with Crippen LogP contribution in [0.5, 0.6) is 0 Å². The van der Waals surface area contributed by atoms with E-state index in [1.54, 1.807) is 12.1 Å². The van der Waals surface area contributed by atoms with Crippen molar-refractivity contribution in [3.8, 4) is 96.9 Å². The van der Waals surface area contributed by atoms with Gasteiger partial charge in [0, 0.05) is 54.9 Å². The Morgan fingerprint density at radius 3 is 1.12 bits per heavy atom. The van der Waals surface area contributed by atoms with E-state index in [4.69, 9.17) is 36.5 Å². The smallest absolute Gasteiger partial charge is 0.308 e. The van der Waals surface area contributed by atoms with Crippen LogP contribution in [0, 0.1) is 17.9 Å². The van der Waals surface area contributed by atoms with Crippen LogP contribution >= 0.6 is 0 Å². The fraction of sp³-hybridized carbons (Fsp3) is 0.0145. The van der Waals surface area contributed by atoms with Gasteiger partial charge < -0.3 is 9.13 Å². The van der Waals surface area contributed by atoms with Gasteiger partial charge in [-0.2, -0.15) is 18.4 Å². The van der Waals surface area contributed by atoms with Crippen LogP contribution in [0.4, 0.5) is 18.9 Å². The minimum Gasteiger partial charge on any atom is -0.308 e. The van der Waals surface area contributed by atoms with Gasteiger partial charge in [0.1, 0.15) is 0 Å². The zero-order chi connectivity index (χ0) is 55.5. The maximum absolute atomic E-state index is 15.4. The molecule has 0 spiro atoms. The second-order valence-electron chi connectivity index (χ2n) is 19.6. The molecule has 10 nitrogen and oxygen atoms in total. The van der Waals surface area contributed by atoms with Crippen LogP contribution in [0.2, 0.25) is 0 Å². The van der Waals surface area contributed by atoms with Crippen molar-refractivity contribution in [1.29, 1.82) is 5.26 Å². The van der Waals surface area contributed by atoms with Crippen LogP contribution in [0.3, 0.4) is 0 Å². The summed E-state index contributed by atoms with van der Waals surface area (Å²) < 4.78 is 50.3. The van der Waals surface area contributed by atoms with Gasteiger partial charge in [-0.1, -0.05) is 188 Å². The lowest BCUT2D eigenvalue weighted by Crippen LogP contribution is -2.09. The van der Waals surface area contributed by atoms with Gasteiger partial charge in [-0.3, -0.25) is 0 Å². The molecule has 0 bridgehead atoms. The number of nitriles is 1. The number of hydrogen-bond donors (Lipinski definition) is 0. The summed E-state index contributed by atoms with van der Waals surface area (Å²) in [7, 11) is 0. The molecule has 0 aliphatic rings. The molecule has 13 heteroatoms. The summed E-state index contributed by atoms with van der Waals surface area (Å²) >= 11 is 0. The Morgan fingerprint density at radius 2 is 0.732 bits per heavy atom. The van der Waals surface area contributed by atoms with Crippen LogP contribution in [-0.4, -0.2) is 39.0 Å².